The quantitative estimate of drug-likeness (QED) is 0.743. The molecule has 1 rings (SSSR count). The van der Waals surface area contributed by atoms with Crippen LogP contribution in [-0.4, -0.2) is 31.5 Å². The van der Waals surface area contributed by atoms with Gasteiger partial charge < -0.3 is 19.9 Å². The largest absolute Gasteiger partial charge is 0.493 e. The highest BCUT2D eigenvalue weighted by Crippen LogP contribution is 2.31. The van der Waals surface area contributed by atoms with E-state index in [4.69, 9.17) is 14.6 Å². The maximum atomic E-state index is 9.16. The second-order valence-corrected chi connectivity index (χ2v) is 4.05. The van der Waals surface area contributed by atoms with Gasteiger partial charge in [-0.05, 0) is 19.4 Å². The maximum absolute atomic E-state index is 9.16. The zero-order chi connectivity index (χ0) is 13.4. The normalized spacial score (nSPS) is 12.2. The number of methoxy groups -OCH3 is 1. The van der Waals surface area contributed by atoms with E-state index < -0.39 is 0 Å². The van der Waals surface area contributed by atoms with Crippen LogP contribution < -0.4 is 14.8 Å². The van der Waals surface area contributed by atoms with Gasteiger partial charge in [0.1, 0.15) is 0 Å². The van der Waals surface area contributed by atoms with E-state index in [2.05, 4.69) is 5.32 Å². The van der Waals surface area contributed by atoms with Gasteiger partial charge in [0.05, 0.1) is 20.3 Å². The summed E-state index contributed by atoms with van der Waals surface area (Å²) in [4.78, 5) is 0. The molecule has 0 aliphatic heterocycles. The fraction of sp³-hybridized carbons (Fsp3) is 0.571. The van der Waals surface area contributed by atoms with Crippen molar-refractivity contribution in [2.24, 2.45) is 0 Å². The van der Waals surface area contributed by atoms with Crippen LogP contribution in [0.5, 0.6) is 11.5 Å². The summed E-state index contributed by atoms with van der Waals surface area (Å²) in [7, 11) is 1.64. The number of para-hydroxylation sites is 1. The average Bonchev–Trinajstić information content (AvgIpc) is 2.41. The van der Waals surface area contributed by atoms with Crippen molar-refractivity contribution in [3.8, 4) is 11.5 Å². The Morgan fingerprint density at radius 2 is 2.11 bits per heavy atom. The Morgan fingerprint density at radius 1 is 1.33 bits per heavy atom. The van der Waals surface area contributed by atoms with E-state index in [1.54, 1.807) is 7.11 Å². The number of aliphatic hydroxyl groups is 1. The summed E-state index contributed by atoms with van der Waals surface area (Å²) in [6.07, 6.45) is 0.893. The fourth-order valence-electron chi connectivity index (χ4n) is 1.76. The van der Waals surface area contributed by atoms with E-state index in [-0.39, 0.29) is 12.6 Å². The number of benzene rings is 1. The van der Waals surface area contributed by atoms with E-state index in [1.165, 1.54) is 0 Å². The zero-order valence-electron chi connectivity index (χ0n) is 11.4. The van der Waals surface area contributed by atoms with Crippen LogP contribution in [0, 0.1) is 0 Å². The Balaban J connectivity index is 2.80. The highest BCUT2D eigenvalue weighted by molar-refractivity contribution is 5.46. The van der Waals surface area contributed by atoms with Gasteiger partial charge in [0, 0.05) is 18.2 Å². The highest BCUT2D eigenvalue weighted by atomic mass is 16.5. The van der Waals surface area contributed by atoms with Gasteiger partial charge in [-0.15, -0.1) is 0 Å². The lowest BCUT2D eigenvalue weighted by atomic mass is 10.1. The van der Waals surface area contributed by atoms with Crippen molar-refractivity contribution in [1.82, 2.24) is 5.32 Å². The molecule has 4 heteroatoms. The molecule has 0 unspecified atom stereocenters. The molecule has 0 radical (unpaired) electrons. The number of ether oxygens (including phenoxy) is 2. The molecule has 0 spiro atoms. The van der Waals surface area contributed by atoms with Crippen molar-refractivity contribution >= 4 is 0 Å². The van der Waals surface area contributed by atoms with Gasteiger partial charge in [-0.3, -0.25) is 0 Å². The predicted molar refractivity (Wildman–Crippen MR) is 72.2 cm³/mol. The fourth-order valence-corrected chi connectivity index (χ4v) is 1.76. The second-order valence-electron chi connectivity index (χ2n) is 4.05. The van der Waals surface area contributed by atoms with Gasteiger partial charge in [-0.2, -0.15) is 0 Å². The first kappa shape index (κ1) is 14.8. The highest BCUT2D eigenvalue weighted by Gasteiger charge is 2.11. The molecule has 1 atom stereocenters. The standard InChI is InChI=1S/C14H23NO3/c1-4-12(10-16)15-9-11-7-6-8-13(17-3)14(11)18-5-2/h6-8,12,15-16H,4-5,9-10H2,1-3H3/t12-/m1/s1. The number of rotatable bonds is 8. The molecule has 4 nitrogen and oxygen atoms in total. The maximum Gasteiger partial charge on any atom is 0.165 e. The average molecular weight is 253 g/mol. The summed E-state index contributed by atoms with van der Waals surface area (Å²) in [5, 5.41) is 12.5. The van der Waals surface area contributed by atoms with Crippen LogP contribution in [0.4, 0.5) is 0 Å². The van der Waals surface area contributed by atoms with Gasteiger partial charge in [0.15, 0.2) is 11.5 Å². The third kappa shape index (κ3) is 3.89. The first-order valence-electron chi connectivity index (χ1n) is 6.39. The van der Waals surface area contributed by atoms with Crippen molar-refractivity contribution in [3.63, 3.8) is 0 Å². The Bertz CT molecular complexity index is 351. The summed E-state index contributed by atoms with van der Waals surface area (Å²) in [6, 6.07) is 5.95. The van der Waals surface area contributed by atoms with Gasteiger partial charge in [-0.1, -0.05) is 19.1 Å². The summed E-state index contributed by atoms with van der Waals surface area (Å²) < 4.78 is 10.9. The molecule has 0 aliphatic rings. The van der Waals surface area contributed by atoms with E-state index in [9.17, 15) is 0 Å². The van der Waals surface area contributed by atoms with Crippen molar-refractivity contribution in [3.05, 3.63) is 23.8 Å². The molecule has 1 aromatic rings. The lowest BCUT2D eigenvalue weighted by Crippen LogP contribution is -2.31. The molecule has 0 heterocycles. The Kier molecular flexibility index (Phi) is 6.54. The monoisotopic (exact) mass is 253 g/mol. The van der Waals surface area contributed by atoms with Crippen LogP contribution in [-0.2, 0) is 6.54 Å². The molecule has 1 aromatic carbocycles. The molecule has 2 N–H and O–H groups in total. The number of hydrogen-bond donors (Lipinski definition) is 2. The predicted octanol–water partition coefficient (Wildman–Crippen LogP) is 1.95. The summed E-state index contributed by atoms with van der Waals surface area (Å²) in [6.45, 7) is 5.40. The van der Waals surface area contributed by atoms with Crippen LogP contribution in [0.2, 0.25) is 0 Å². The lowest BCUT2D eigenvalue weighted by Gasteiger charge is -2.17. The topological polar surface area (TPSA) is 50.7 Å². The molecule has 0 bridgehead atoms. The third-order valence-corrected chi connectivity index (χ3v) is 2.86. The SMILES string of the molecule is CCOc1c(CN[C@H](CC)CO)cccc1OC. The molecule has 102 valence electrons. The van der Waals surface area contributed by atoms with Gasteiger partial charge in [0.25, 0.3) is 0 Å². The minimum Gasteiger partial charge on any atom is -0.493 e. The molecule has 0 aliphatic carbocycles. The van der Waals surface area contributed by atoms with Crippen molar-refractivity contribution in [2.75, 3.05) is 20.3 Å². The van der Waals surface area contributed by atoms with E-state index in [0.29, 0.717) is 13.2 Å². The van der Waals surface area contributed by atoms with Crippen LogP contribution in [0.1, 0.15) is 25.8 Å². The summed E-state index contributed by atoms with van der Waals surface area (Å²) >= 11 is 0. The van der Waals surface area contributed by atoms with Gasteiger partial charge >= 0.3 is 0 Å². The first-order chi connectivity index (χ1) is 8.76. The van der Waals surface area contributed by atoms with E-state index in [1.807, 2.05) is 32.0 Å². The second kappa shape index (κ2) is 7.95. The Hall–Kier alpha value is -1.26. The molecule has 0 saturated carbocycles. The molecule has 0 saturated heterocycles. The molecule has 18 heavy (non-hydrogen) atoms. The third-order valence-electron chi connectivity index (χ3n) is 2.86. The van der Waals surface area contributed by atoms with Crippen molar-refractivity contribution in [1.29, 1.82) is 0 Å². The smallest absolute Gasteiger partial charge is 0.165 e. The van der Waals surface area contributed by atoms with Crippen molar-refractivity contribution < 1.29 is 14.6 Å². The minimum absolute atomic E-state index is 0.116. The van der Waals surface area contributed by atoms with E-state index in [0.717, 1.165) is 23.5 Å². The Morgan fingerprint density at radius 3 is 2.67 bits per heavy atom. The van der Waals surface area contributed by atoms with Crippen LogP contribution in [0.25, 0.3) is 0 Å². The molecule has 0 amide bonds. The number of hydrogen-bond acceptors (Lipinski definition) is 4. The van der Waals surface area contributed by atoms with Crippen molar-refractivity contribution in [2.45, 2.75) is 32.9 Å². The minimum atomic E-state index is 0.116. The Labute approximate surface area is 109 Å². The summed E-state index contributed by atoms with van der Waals surface area (Å²) in [5.41, 5.74) is 1.04. The molecular formula is C14H23NO3. The van der Waals surface area contributed by atoms with Crippen LogP contribution >= 0.6 is 0 Å². The van der Waals surface area contributed by atoms with Crippen LogP contribution in [0.3, 0.4) is 0 Å². The molecule has 0 fully saturated rings. The molecule has 0 aromatic heterocycles. The first-order valence-corrected chi connectivity index (χ1v) is 6.39. The van der Waals surface area contributed by atoms with Crippen LogP contribution in [0.15, 0.2) is 18.2 Å². The molecular weight excluding hydrogens is 230 g/mol. The summed E-state index contributed by atoms with van der Waals surface area (Å²) in [5.74, 6) is 1.52. The van der Waals surface area contributed by atoms with E-state index >= 15 is 0 Å². The number of nitrogens with one attached hydrogen (secondary N) is 1. The van der Waals surface area contributed by atoms with Gasteiger partial charge in [0.2, 0.25) is 0 Å². The van der Waals surface area contributed by atoms with Gasteiger partial charge in [-0.25, -0.2) is 0 Å². The lowest BCUT2D eigenvalue weighted by molar-refractivity contribution is 0.237. The zero-order valence-corrected chi connectivity index (χ0v) is 11.4. The number of aliphatic hydroxyl groups excluding tert-OH is 1.